The number of nitrogens with zero attached hydrogens (tertiary/aromatic N) is 2. The first-order valence-corrected chi connectivity index (χ1v) is 4.70. The summed E-state index contributed by atoms with van der Waals surface area (Å²) in [6.07, 6.45) is 2.80. The van der Waals surface area contributed by atoms with Crippen LogP contribution in [0, 0.1) is 10.1 Å². The van der Waals surface area contributed by atoms with E-state index in [-0.39, 0.29) is 17.1 Å². The van der Waals surface area contributed by atoms with Crippen molar-refractivity contribution >= 4 is 17.6 Å². The fourth-order valence-corrected chi connectivity index (χ4v) is 1.22. The number of rotatable bonds is 3. The molecular weight excluding hydrogens is 224 g/mol. The van der Waals surface area contributed by atoms with Gasteiger partial charge in [-0.1, -0.05) is 11.8 Å². The minimum absolute atomic E-state index is 0.00981. The van der Waals surface area contributed by atoms with E-state index in [9.17, 15) is 15.2 Å². The number of benzene rings is 1. The predicted octanol–water partition coefficient (Wildman–Crippen LogP) is 2.01. The maximum Gasteiger partial charge on any atom is 0.271 e. The summed E-state index contributed by atoms with van der Waals surface area (Å²) in [6.45, 7) is 0. The van der Waals surface area contributed by atoms with E-state index in [1.807, 2.05) is 0 Å². The Bertz CT molecular complexity index is 561. The third kappa shape index (κ3) is 2.49. The van der Waals surface area contributed by atoms with Gasteiger partial charge in [-0.15, -0.1) is 0 Å². The second kappa shape index (κ2) is 4.48. The highest BCUT2D eigenvalue weighted by Crippen LogP contribution is 2.28. The Kier molecular flexibility index (Phi) is 2.87. The molecule has 1 heterocycles. The summed E-state index contributed by atoms with van der Waals surface area (Å²) in [4.78, 5) is 13.8. The van der Waals surface area contributed by atoms with Crippen molar-refractivity contribution in [1.29, 1.82) is 0 Å². The van der Waals surface area contributed by atoms with Gasteiger partial charge in [0.15, 0.2) is 0 Å². The molecule has 86 valence electrons. The van der Waals surface area contributed by atoms with Gasteiger partial charge < -0.3 is 9.52 Å². The average Bonchev–Trinajstić information content (AvgIpc) is 2.80. The molecule has 2 aromatic rings. The summed E-state index contributed by atoms with van der Waals surface area (Å²) in [5.41, 5.74) is -0.160. The van der Waals surface area contributed by atoms with Gasteiger partial charge in [0.2, 0.25) is 0 Å². The lowest BCUT2D eigenvalue weighted by Gasteiger charge is -2.07. The molecule has 0 bridgehead atoms. The minimum atomic E-state index is -0.578. The lowest BCUT2D eigenvalue weighted by atomic mass is 10.2. The Morgan fingerprint density at radius 2 is 2.18 bits per heavy atom. The van der Waals surface area contributed by atoms with Gasteiger partial charge in [-0.05, 0) is 12.1 Å². The first-order valence-electron chi connectivity index (χ1n) is 4.70. The molecule has 0 aliphatic rings. The molecule has 0 aliphatic carbocycles. The van der Waals surface area contributed by atoms with Gasteiger partial charge in [-0.25, -0.2) is 0 Å². The van der Waals surface area contributed by atoms with Crippen LogP contribution in [0.5, 0.6) is 5.75 Å². The van der Waals surface area contributed by atoms with Gasteiger partial charge >= 0.3 is 0 Å². The highest BCUT2D eigenvalue weighted by molar-refractivity contribution is 5.79. The summed E-state index contributed by atoms with van der Waals surface area (Å²) in [6, 6.07) is 6.72. The number of hydrogen-bond donors (Lipinski definition) is 0. The molecule has 0 spiro atoms. The number of hydrogen-bond acceptors (Lipinski definition) is 5. The number of aliphatic imine (C=N–C) groups is 1. The van der Waals surface area contributed by atoms with Crippen molar-refractivity contribution in [3.63, 3.8) is 0 Å². The lowest BCUT2D eigenvalue weighted by molar-refractivity contribution is -0.385. The van der Waals surface area contributed by atoms with E-state index in [1.54, 1.807) is 12.1 Å². The third-order valence-corrected chi connectivity index (χ3v) is 2.03. The van der Waals surface area contributed by atoms with Gasteiger partial charge in [0.25, 0.3) is 5.69 Å². The fraction of sp³-hybridized carbons (Fsp3) is 0. The van der Waals surface area contributed by atoms with Crippen LogP contribution in [0.25, 0.3) is 0 Å². The zero-order valence-corrected chi connectivity index (χ0v) is 8.57. The van der Waals surface area contributed by atoms with E-state index in [4.69, 9.17) is 4.42 Å². The zero-order chi connectivity index (χ0) is 12.3. The summed E-state index contributed by atoms with van der Waals surface area (Å²) in [7, 11) is 0. The largest absolute Gasteiger partial charge is 0.871 e. The molecule has 6 nitrogen and oxygen atoms in total. The van der Waals surface area contributed by atoms with E-state index in [0.717, 1.165) is 18.2 Å². The number of nitro benzene ring substituents is 1. The Morgan fingerprint density at radius 1 is 1.35 bits per heavy atom. The van der Waals surface area contributed by atoms with Crippen molar-refractivity contribution in [2.45, 2.75) is 0 Å². The van der Waals surface area contributed by atoms with Gasteiger partial charge in [0.1, 0.15) is 5.76 Å². The van der Waals surface area contributed by atoms with Gasteiger partial charge in [0, 0.05) is 12.1 Å². The van der Waals surface area contributed by atoms with E-state index < -0.39 is 4.92 Å². The normalized spacial score (nSPS) is 10.8. The quantitative estimate of drug-likeness (QED) is 0.459. The van der Waals surface area contributed by atoms with Crippen LogP contribution in [0.4, 0.5) is 11.4 Å². The number of non-ortho nitro benzene ring substituents is 1. The van der Waals surface area contributed by atoms with Crippen molar-refractivity contribution in [3.05, 3.63) is 52.5 Å². The van der Waals surface area contributed by atoms with Crippen LogP contribution in [0.15, 0.2) is 46.0 Å². The van der Waals surface area contributed by atoms with E-state index in [2.05, 4.69) is 4.99 Å². The van der Waals surface area contributed by atoms with Crippen LogP contribution in [-0.4, -0.2) is 11.1 Å². The zero-order valence-electron chi connectivity index (χ0n) is 8.57. The van der Waals surface area contributed by atoms with E-state index in [0.29, 0.717) is 5.76 Å². The second-order valence-electron chi connectivity index (χ2n) is 3.18. The minimum Gasteiger partial charge on any atom is -0.871 e. The van der Waals surface area contributed by atoms with Crippen molar-refractivity contribution in [2.75, 3.05) is 0 Å². The van der Waals surface area contributed by atoms with Crippen LogP contribution in [0.1, 0.15) is 5.76 Å². The molecule has 0 amide bonds. The highest BCUT2D eigenvalue weighted by atomic mass is 16.6. The summed E-state index contributed by atoms with van der Waals surface area (Å²) >= 11 is 0. The first-order chi connectivity index (χ1) is 8.16. The monoisotopic (exact) mass is 231 g/mol. The topological polar surface area (TPSA) is 91.7 Å². The average molecular weight is 231 g/mol. The molecule has 0 saturated carbocycles. The molecule has 0 N–H and O–H groups in total. The number of nitro groups is 1. The van der Waals surface area contributed by atoms with E-state index >= 15 is 0 Å². The maximum absolute atomic E-state index is 11.4. The maximum atomic E-state index is 11.4. The van der Waals surface area contributed by atoms with Crippen LogP contribution < -0.4 is 5.11 Å². The Labute approximate surface area is 96.0 Å². The molecule has 1 aromatic carbocycles. The summed E-state index contributed by atoms with van der Waals surface area (Å²) < 4.78 is 4.99. The van der Waals surface area contributed by atoms with Crippen LogP contribution in [0.2, 0.25) is 0 Å². The second-order valence-corrected chi connectivity index (χ2v) is 3.18. The molecule has 1 aromatic heterocycles. The molecule has 0 fully saturated rings. The Hall–Kier alpha value is -2.63. The molecule has 2 rings (SSSR count). The van der Waals surface area contributed by atoms with E-state index in [1.165, 1.54) is 12.5 Å². The van der Waals surface area contributed by atoms with Crippen LogP contribution >= 0.6 is 0 Å². The van der Waals surface area contributed by atoms with Gasteiger partial charge in [0.05, 0.1) is 23.1 Å². The molecule has 0 saturated heterocycles. The number of furan rings is 1. The van der Waals surface area contributed by atoms with Crippen molar-refractivity contribution in [2.24, 2.45) is 4.99 Å². The first kappa shape index (κ1) is 10.9. The standard InChI is InChI=1S/C11H8N2O4/c14-11-4-3-8(13(15)16)6-10(11)12-7-9-2-1-5-17-9/h1-7,14H/p-1. The predicted molar refractivity (Wildman–Crippen MR) is 58.5 cm³/mol. The molecule has 6 heteroatoms. The fourth-order valence-electron chi connectivity index (χ4n) is 1.22. The Balaban J connectivity index is 2.31. The third-order valence-electron chi connectivity index (χ3n) is 2.03. The Morgan fingerprint density at radius 3 is 2.82 bits per heavy atom. The molecular formula is C11H7N2O4-. The SMILES string of the molecule is O=[N+]([O-])c1ccc([O-])c(N=Cc2ccco2)c1. The summed E-state index contributed by atoms with van der Waals surface area (Å²) in [5, 5.41) is 21.9. The summed E-state index contributed by atoms with van der Waals surface area (Å²) in [5.74, 6) is 0.0920. The van der Waals surface area contributed by atoms with Crippen molar-refractivity contribution < 1.29 is 14.4 Å². The molecule has 0 unspecified atom stereocenters. The van der Waals surface area contributed by atoms with Gasteiger partial charge in [-0.3, -0.25) is 15.1 Å². The molecule has 17 heavy (non-hydrogen) atoms. The van der Waals surface area contributed by atoms with Gasteiger partial charge in [-0.2, -0.15) is 0 Å². The highest BCUT2D eigenvalue weighted by Gasteiger charge is 2.05. The molecule has 0 atom stereocenters. The van der Waals surface area contributed by atoms with Crippen LogP contribution in [-0.2, 0) is 0 Å². The smallest absolute Gasteiger partial charge is 0.271 e. The molecule has 0 radical (unpaired) electrons. The van der Waals surface area contributed by atoms with Crippen molar-refractivity contribution in [3.8, 4) is 5.75 Å². The van der Waals surface area contributed by atoms with Crippen LogP contribution in [0.3, 0.4) is 0 Å². The van der Waals surface area contributed by atoms with Crippen molar-refractivity contribution in [1.82, 2.24) is 0 Å². The lowest BCUT2D eigenvalue weighted by Crippen LogP contribution is -1.93. The molecule has 0 aliphatic heterocycles.